The van der Waals surface area contributed by atoms with E-state index in [2.05, 4.69) is 33.6 Å². The van der Waals surface area contributed by atoms with Crippen molar-refractivity contribution in [3.63, 3.8) is 0 Å². The topological polar surface area (TPSA) is 56.7 Å². The summed E-state index contributed by atoms with van der Waals surface area (Å²) in [5.74, 6) is 0.836. The lowest BCUT2D eigenvalue weighted by Crippen LogP contribution is -2.13. The lowest BCUT2D eigenvalue weighted by molar-refractivity contribution is 0.724. The first kappa shape index (κ1) is 11.9. The summed E-state index contributed by atoms with van der Waals surface area (Å²) in [6.45, 7) is 4.02. The fourth-order valence-electron chi connectivity index (χ4n) is 2.29. The molecular weight excluding hydrogens is 236 g/mol. The van der Waals surface area contributed by atoms with E-state index in [-0.39, 0.29) is 6.04 Å². The highest BCUT2D eigenvalue weighted by atomic mass is 15.1. The summed E-state index contributed by atoms with van der Waals surface area (Å²) in [7, 11) is 0. The molecule has 96 valence electrons. The maximum absolute atomic E-state index is 6.05. The van der Waals surface area contributed by atoms with Crippen molar-refractivity contribution < 1.29 is 0 Å². The largest absolute Gasteiger partial charge is 0.322 e. The molecular formula is C15H16N4. The van der Waals surface area contributed by atoms with Gasteiger partial charge in [0.05, 0.1) is 11.7 Å². The molecule has 0 bridgehead atoms. The van der Waals surface area contributed by atoms with E-state index < -0.39 is 0 Å². The van der Waals surface area contributed by atoms with Gasteiger partial charge >= 0.3 is 0 Å². The molecule has 4 heteroatoms. The first-order valence-electron chi connectivity index (χ1n) is 6.33. The van der Waals surface area contributed by atoms with Crippen molar-refractivity contribution in [3.05, 3.63) is 54.0 Å². The van der Waals surface area contributed by atoms with Crippen molar-refractivity contribution in [1.29, 1.82) is 0 Å². The molecule has 2 heterocycles. The van der Waals surface area contributed by atoms with Gasteiger partial charge in [0.15, 0.2) is 5.65 Å². The van der Waals surface area contributed by atoms with Gasteiger partial charge in [-0.3, -0.25) is 4.57 Å². The van der Waals surface area contributed by atoms with Crippen LogP contribution in [0, 0.1) is 6.92 Å². The van der Waals surface area contributed by atoms with E-state index in [0.29, 0.717) is 0 Å². The molecule has 0 saturated carbocycles. The second-order valence-corrected chi connectivity index (χ2v) is 4.73. The summed E-state index contributed by atoms with van der Waals surface area (Å²) in [5, 5.41) is 0. The normalized spacial score (nSPS) is 12.8. The van der Waals surface area contributed by atoms with Crippen LogP contribution in [0.2, 0.25) is 0 Å². The number of nitrogens with zero attached hydrogens (tertiary/aromatic N) is 3. The van der Waals surface area contributed by atoms with Crippen LogP contribution in [-0.4, -0.2) is 14.5 Å². The van der Waals surface area contributed by atoms with Crippen LogP contribution in [0.25, 0.3) is 16.9 Å². The summed E-state index contributed by atoms with van der Waals surface area (Å²) < 4.78 is 2.05. The highest BCUT2D eigenvalue weighted by Crippen LogP contribution is 2.24. The van der Waals surface area contributed by atoms with Crippen molar-refractivity contribution in [1.82, 2.24) is 14.5 Å². The number of aromatic nitrogens is 3. The average Bonchev–Trinajstić information content (AvgIpc) is 2.79. The Bertz CT molecular complexity index is 728. The molecule has 0 spiro atoms. The molecule has 0 amide bonds. The van der Waals surface area contributed by atoms with Crippen LogP contribution in [0.4, 0.5) is 0 Å². The SMILES string of the molecule is Cc1ccccc1-n1c(C(C)N)nc2cccnc21. The fourth-order valence-corrected chi connectivity index (χ4v) is 2.29. The number of pyridine rings is 1. The molecule has 0 saturated heterocycles. The number of para-hydroxylation sites is 1. The Hall–Kier alpha value is -2.20. The van der Waals surface area contributed by atoms with Gasteiger partial charge in [-0.25, -0.2) is 9.97 Å². The minimum atomic E-state index is -0.145. The van der Waals surface area contributed by atoms with Gasteiger partial charge in [-0.15, -0.1) is 0 Å². The molecule has 19 heavy (non-hydrogen) atoms. The number of rotatable bonds is 2. The third-order valence-corrected chi connectivity index (χ3v) is 3.21. The number of benzene rings is 1. The zero-order valence-corrected chi connectivity index (χ0v) is 11.0. The van der Waals surface area contributed by atoms with Crippen LogP contribution in [-0.2, 0) is 0 Å². The van der Waals surface area contributed by atoms with Gasteiger partial charge in [0.2, 0.25) is 0 Å². The van der Waals surface area contributed by atoms with E-state index in [1.807, 2.05) is 31.2 Å². The van der Waals surface area contributed by atoms with Crippen LogP contribution in [0.1, 0.15) is 24.4 Å². The van der Waals surface area contributed by atoms with Crippen molar-refractivity contribution in [2.75, 3.05) is 0 Å². The van der Waals surface area contributed by atoms with Gasteiger partial charge in [0.1, 0.15) is 11.3 Å². The maximum Gasteiger partial charge on any atom is 0.164 e. The lowest BCUT2D eigenvalue weighted by Gasteiger charge is -2.13. The Morgan fingerprint density at radius 3 is 2.68 bits per heavy atom. The third-order valence-electron chi connectivity index (χ3n) is 3.21. The minimum absolute atomic E-state index is 0.145. The van der Waals surface area contributed by atoms with E-state index in [1.54, 1.807) is 6.20 Å². The summed E-state index contributed by atoms with van der Waals surface area (Å²) in [6.07, 6.45) is 1.78. The average molecular weight is 252 g/mol. The van der Waals surface area contributed by atoms with Crippen LogP contribution in [0.3, 0.4) is 0 Å². The summed E-state index contributed by atoms with van der Waals surface area (Å²) in [4.78, 5) is 9.05. The van der Waals surface area contributed by atoms with Crippen molar-refractivity contribution in [3.8, 4) is 5.69 Å². The number of fused-ring (bicyclic) bond motifs is 1. The van der Waals surface area contributed by atoms with Gasteiger partial charge in [0, 0.05) is 6.20 Å². The fraction of sp³-hybridized carbons (Fsp3) is 0.200. The van der Waals surface area contributed by atoms with Gasteiger partial charge < -0.3 is 5.73 Å². The molecule has 0 aliphatic carbocycles. The smallest absolute Gasteiger partial charge is 0.164 e. The molecule has 1 aromatic carbocycles. The lowest BCUT2D eigenvalue weighted by atomic mass is 10.2. The highest BCUT2D eigenvalue weighted by Gasteiger charge is 2.16. The quantitative estimate of drug-likeness (QED) is 0.763. The summed E-state index contributed by atoms with van der Waals surface area (Å²) in [6, 6.07) is 11.9. The predicted molar refractivity (Wildman–Crippen MR) is 76.2 cm³/mol. The molecule has 1 atom stereocenters. The zero-order chi connectivity index (χ0) is 13.4. The second kappa shape index (κ2) is 4.48. The van der Waals surface area contributed by atoms with Gasteiger partial charge in [-0.05, 0) is 37.6 Å². The van der Waals surface area contributed by atoms with E-state index in [9.17, 15) is 0 Å². The van der Waals surface area contributed by atoms with Crippen LogP contribution in [0.15, 0.2) is 42.6 Å². The van der Waals surface area contributed by atoms with Gasteiger partial charge in [-0.1, -0.05) is 18.2 Å². The molecule has 3 aromatic rings. The molecule has 4 nitrogen and oxygen atoms in total. The molecule has 2 N–H and O–H groups in total. The number of hydrogen-bond acceptors (Lipinski definition) is 3. The van der Waals surface area contributed by atoms with Crippen molar-refractivity contribution in [2.24, 2.45) is 5.73 Å². The van der Waals surface area contributed by atoms with Crippen LogP contribution in [0.5, 0.6) is 0 Å². The third kappa shape index (κ3) is 1.90. The molecule has 0 aliphatic heterocycles. The minimum Gasteiger partial charge on any atom is -0.322 e. The summed E-state index contributed by atoms with van der Waals surface area (Å²) >= 11 is 0. The molecule has 3 rings (SSSR count). The molecule has 0 radical (unpaired) electrons. The highest BCUT2D eigenvalue weighted by molar-refractivity contribution is 5.74. The summed E-state index contributed by atoms with van der Waals surface area (Å²) in [5.41, 5.74) is 10.0. The number of imidazole rings is 1. The van der Waals surface area contributed by atoms with Crippen LogP contribution < -0.4 is 5.73 Å². The number of hydrogen-bond donors (Lipinski definition) is 1. The van der Waals surface area contributed by atoms with E-state index in [0.717, 1.165) is 22.7 Å². The van der Waals surface area contributed by atoms with Crippen LogP contribution >= 0.6 is 0 Å². The Morgan fingerprint density at radius 2 is 1.95 bits per heavy atom. The molecule has 2 aromatic heterocycles. The zero-order valence-electron chi connectivity index (χ0n) is 11.0. The standard InChI is InChI=1S/C15H16N4/c1-10-6-3-4-8-13(10)19-14(11(2)16)18-12-7-5-9-17-15(12)19/h3-9,11H,16H2,1-2H3. The van der Waals surface area contributed by atoms with E-state index >= 15 is 0 Å². The Morgan fingerprint density at radius 1 is 1.16 bits per heavy atom. The van der Waals surface area contributed by atoms with E-state index in [4.69, 9.17) is 5.73 Å². The molecule has 1 unspecified atom stereocenters. The molecule has 0 fully saturated rings. The maximum atomic E-state index is 6.05. The van der Waals surface area contributed by atoms with Gasteiger partial charge in [-0.2, -0.15) is 0 Å². The first-order chi connectivity index (χ1) is 9.18. The van der Waals surface area contributed by atoms with Crippen molar-refractivity contribution >= 4 is 11.2 Å². The monoisotopic (exact) mass is 252 g/mol. The number of nitrogens with two attached hydrogens (primary N) is 1. The van der Waals surface area contributed by atoms with Crippen molar-refractivity contribution in [2.45, 2.75) is 19.9 Å². The second-order valence-electron chi connectivity index (χ2n) is 4.73. The molecule has 0 aliphatic rings. The number of aryl methyl sites for hydroxylation is 1. The Labute approximate surface area is 111 Å². The first-order valence-corrected chi connectivity index (χ1v) is 6.33. The Balaban J connectivity index is 2.38. The van der Waals surface area contributed by atoms with E-state index in [1.165, 1.54) is 5.56 Å². The predicted octanol–water partition coefficient (Wildman–Crippen LogP) is 2.75. The Kier molecular flexibility index (Phi) is 2.80. The van der Waals surface area contributed by atoms with Gasteiger partial charge in [0.25, 0.3) is 0 Å².